The maximum Gasteiger partial charge on any atom is 0.0500 e. The van der Waals surface area contributed by atoms with Crippen molar-refractivity contribution in [2.75, 3.05) is 33.7 Å². The number of hydrogen-bond acceptors (Lipinski definition) is 3. The first-order valence-electron chi connectivity index (χ1n) is 7.09. The molecule has 0 bridgehead atoms. The van der Waals surface area contributed by atoms with Crippen LogP contribution in [0.1, 0.15) is 24.4 Å². The lowest BCUT2D eigenvalue weighted by Crippen LogP contribution is -2.48. The fraction of sp³-hybridized carbons (Fsp3) is 0.600. The second-order valence-corrected chi connectivity index (χ2v) is 6.46. The van der Waals surface area contributed by atoms with Crippen LogP contribution in [0.15, 0.2) is 18.2 Å². The minimum absolute atomic E-state index is 0.0962. The van der Waals surface area contributed by atoms with E-state index in [0.29, 0.717) is 22.6 Å². The predicted molar refractivity (Wildman–Crippen MR) is 86.5 cm³/mol. The first kappa shape index (κ1) is 16.1. The SMILES string of the molecule is CN(C)C1CCCN(C(CN)c2c(Cl)cccc2Cl)C1. The summed E-state index contributed by atoms with van der Waals surface area (Å²) in [4.78, 5) is 4.70. The van der Waals surface area contributed by atoms with Crippen LogP contribution in [0.4, 0.5) is 0 Å². The van der Waals surface area contributed by atoms with Crippen LogP contribution in [-0.2, 0) is 0 Å². The van der Waals surface area contributed by atoms with Crippen LogP contribution in [-0.4, -0.2) is 49.6 Å². The molecular formula is C15H23Cl2N3. The molecule has 0 amide bonds. The van der Waals surface area contributed by atoms with E-state index in [1.807, 2.05) is 18.2 Å². The molecule has 112 valence electrons. The summed E-state index contributed by atoms with van der Waals surface area (Å²) in [6.07, 6.45) is 2.42. The largest absolute Gasteiger partial charge is 0.329 e. The van der Waals surface area contributed by atoms with E-state index < -0.39 is 0 Å². The molecule has 0 saturated carbocycles. The lowest BCUT2D eigenvalue weighted by Gasteiger charge is -2.40. The molecule has 0 spiro atoms. The molecular weight excluding hydrogens is 293 g/mol. The smallest absolute Gasteiger partial charge is 0.0500 e. The van der Waals surface area contributed by atoms with Crippen LogP contribution < -0.4 is 5.73 Å². The average Bonchev–Trinajstić information content (AvgIpc) is 2.43. The van der Waals surface area contributed by atoms with Gasteiger partial charge in [-0.1, -0.05) is 29.3 Å². The van der Waals surface area contributed by atoms with E-state index in [4.69, 9.17) is 28.9 Å². The summed E-state index contributed by atoms with van der Waals surface area (Å²) in [5.74, 6) is 0. The van der Waals surface area contributed by atoms with Crippen molar-refractivity contribution < 1.29 is 0 Å². The molecule has 1 aliphatic heterocycles. The van der Waals surface area contributed by atoms with Crippen molar-refractivity contribution in [3.63, 3.8) is 0 Å². The predicted octanol–water partition coefficient (Wildman–Crippen LogP) is 3.02. The molecule has 1 aliphatic rings. The molecule has 1 saturated heterocycles. The number of nitrogens with two attached hydrogens (primary N) is 1. The van der Waals surface area contributed by atoms with Crippen LogP contribution in [0.2, 0.25) is 10.0 Å². The van der Waals surface area contributed by atoms with Crippen molar-refractivity contribution in [3.8, 4) is 0 Å². The summed E-state index contributed by atoms with van der Waals surface area (Å²) in [7, 11) is 4.27. The Hall–Kier alpha value is -0.320. The summed E-state index contributed by atoms with van der Waals surface area (Å²) in [5.41, 5.74) is 6.99. The molecule has 0 aromatic heterocycles. The lowest BCUT2D eigenvalue weighted by atomic mass is 9.98. The van der Waals surface area contributed by atoms with Gasteiger partial charge >= 0.3 is 0 Å². The van der Waals surface area contributed by atoms with Crippen LogP contribution >= 0.6 is 23.2 Å². The molecule has 1 fully saturated rings. The highest BCUT2D eigenvalue weighted by atomic mass is 35.5. The van der Waals surface area contributed by atoms with Gasteiger partial charge in [0.1, 0.15) is 0 Å². The minimum Gasteiger partial charge on any atom is -0.329 e. The van der Waals surface area contributed by atoms with Crippen LogP contribution in [0, 0.1) is 0 Å². The van der Waals surface area contributed by atoms with Gasteiger partial charge in [0.15, 0.2) is 0 Å². The van der Waals surface area contributed by atoms with Gasteiger partial charge in [-0.3, -0.25) is 4.90 Å². The van der Waals surface area contributed by atoms with Crippen molar-refractivity contribution in [2.24, 2.45) is 5.73 Å². The zero-order valence-corrected chi connectivity index (χ0v) is 13.7. The van der Waals surface area contributed by atoms with Gasteiger partial charge < -0.3 is 10.6 Å². The standard InChI is InChI=1S/C15H23Cl2N3/c1-19(2)11-5-4-8-20(10-11)14(9-18)15-12(16)6-3-7-13(15)17/h3,6-7,11,14H,4-5,8-10,18H2,1-2H3. The Kier molecular flexibility index (Phi) is 5.70. The fourth-order valence-electron chi connectivity index (χ4n) is 2.97. The van der Waals surface area contributed by atoms with Gasteiger partial charge in [-0.05, 0) is 45.6 Å². The van der Waals surface area contributed by atoms with E-state index in [0.717, 1.165) is 18.7 Å². The highest BCUT2D eigenvalue weighted by molar-refractivity contribution is 6.36. The number of nitrogens with zero attached hydrogens (tertiary/aromatic N) is 2. The molecule has 2 atom stereocenters. The number of likely N-dealkylation sites (tertiary alicyclic amines) is 1. The van der Waals surface area contributed by atoms with Crippen LogP contribution in [0.25, 0.3) is 0 Å². The minimum atomic E-state index is 0.0962. The molecule has 2 rings (SSSR count). The summed E-state index contributed by atoms with van der Waals surface area (Å²) >= 11 is 12.7. The number of rotatable bonds is 4. The van der Waals surface area contributed by atoms with Crippen molar-refractivity contribution >= 4 is 23.2 Å². The van der Waals surface area contributed by atoms with Crippen molar-refractivity contribution in [1.29, 1.82) is 0 Å². The molecule has 1 heterocycles. The maximum atomic E-state index is 6.34. The molecule has 0 radical (unpaired) electrons. The molecule has 1 aromatic carbocycles. The monoisotopic (exact) mass is 315 g/mol. The number of halogens is 2. The first-order chi connectivity index (χ1) is 9.54. The zero-order chi connectivity index (χ0) is 14.7. The van der Waals surface area contributed by atoms with Gasteiger partial charge in [0, 0.05) is 34.7 Å². The third-order valence-corrected chi connectivity index (χ3v) is 4.81. The molecule has 2 unspecified atom stereocenters. The number of piperidine rings is 1. The molecule has 20 heavy (non-hydrogen) atoms. The Morgan fingerprint density at radius 1 is 1.35 bits per heavy atom. The third kappa shape index (κ3) is 3.46. The third-order valence-electron chi connectivity index (χ3n) is 4.16. The van der Waals surface area contributed by atoms with E-state index >= 15 is 0 Å². The van der Waals surface area contributed by atoms with Gasteiger partial charge in [0.05, 0.1) is 6.04 Å². The van der Waals surface area contributed by atoms with E-state index in [-0.39, 0.29) is 6.04 Å². The van der Waals surface area contributed by atoms with Crippen molar-refractivity contribution in [1.82, 2.24) is 9.80 Å². The molecule has 3 nitrogen and oxygen atoms in total. The van der Waals surface area contributed by atoms with Crippen LogP contribution in [0.5, 0.6) is 0 Å². The van der Waals surface area contributed by atoms with E-state index in [1.54, 1.807) is 0 Å². The topological polar surface area (TPSA) is 32.5 Å². The molecule has 2 N–H and O–H groups in total. The molecule has 5 heteroatoms. The summed E-state index contributed by atoms with van der Waals surface area (Å²) < 4.78 is 0. The quantitative estimate of drug-likeness (QED) is 0.927. The van der Waals surface area contributed by atoms with E-state index in [1.165, 1.54) is 12.8 Å². The Balaban J connectivity index is 2.23. The second kappa shape index (κ2) is 7.10. The van der Waals surface area contributed by atoms with Crippen molar-refractivity contribution in [3.05, 3.63) is 33.8 Å². The van der Waals surface area contributed by atoms with Gasteiger partial charge in [-0.2, -0.15) is 0 Å². The highest BCUT2D eigenvalue weighted by Gasteiger charge is 2.29. The Bertz CT molecular complexity index is 430. The normalized spacial score (nSPS) is 22.2. The van der Waals surface area contributed by atoms with Gasteiger partial charge in [-0.25, -0.2) is 0 Å². The Morgan fingerprint density at radius 3 is 2.55 bits per heavy atom. The molecule has 1 aromatic rings. The number of hydrogen-bond donors (Lipinski definition) is 1. The summed E-state index contributed by atoms with van der Waals surface area (Å²) in [6.45, 7) is 2.59. The lowest BCUT2D eigenvalue weighted by molar-refractivity contribution is 0.0985. The van der Waals surface area contributed by atoms with Crippen LogP contribution in [0.3, 0.4) is 0 Å². The highest BCUT2D eigenvalue weighted by Crippen LogP contribution is 2.34. The fourth-order valence-corrected chi connectivity index (χ4v) is 3.62. The second-order valence-electron chi connectivity index (χ2n) is 5.64. The summed E-state index contributed by atoms with van der Waals surface area (Å²) in [5, 5.41) is 1.42. The average molecular weight is 316 g/mol. The van der Waals surface area contributed by atoms with E-state index in [9.17, 15) is 0 Å². The maximum absolute atomic E-state index is 6.34. The van der Waals surface area contributed by atoms with E-state index in [2.05, 4.69) is 23.9 Å². The number of benzene rings is 1. The number of likely N-dealkylation sites (N-methyl/N-ethyl adjacent to an activating group) is 1. The zero-order valence-electron chi connectivity index (χ0n) is 12.1. The first-order valence-corrected chi connectivity index (χ1v) is 7.84. The van der Waals surface area contributed by atoms with Crippen molar-refractivity contribution in [2.45, 2.75) is 24.9 Å². The van der Waals surface area contributed by atoms with Gasteiger partial charge in [0.25, 0.3) is 0 Å². The Labute approximate surface area is 131 Å². The molecule has 0 aliphatic carbocycles. The summed E-state index contributed by atoms with van der Waals surface area (Å²) in [6, 6.07) is 6.32. The van der Waals surface area contributed by atoms with Gasteiger partial charge in [-0.15, -0.1) is 0 Å². The Morgan fingerprint density at radius 2 is 2.00 bits per heavy atom. The van der Waals surface area contributed by atoms with Gasteiger partial charge in [0.2, 0.25) is 0 Å².